The number of nitrogens with zero attached hydrogens (tertiary/aromatic N) is 2. The summed E-state index contributed by atoms with van der Waals surface area (Å²) in [5.74, 6) is -0.109. The van der Waals surface area contributed by atoms with E-state index in [4.69, 9.17) is 4.52 Å². The highest BCUT2D eigenvalue weighted by molar-refractivity contribution is 7.89. The molecule has 0 radical (unpaired) electrons. The highest BCUT2D eigenvalue weighted by atomic mass is 32.2. The van der Waals surface area contributed by atoms with Gasteiger partial charge in [0.15, 0.2) is 11.5 Å². The van der Waals surface area contributed by atoms with E-state index < -0.39 is 10.0 Å². The Morgan fingerprint density at radius 2 is 1.70 bits per heavy atom. The van der Waals surface area contributed by atoms with Gasteiger partial charge in [0.1, 0.15) is 10.6 Å². The predicted molar refractivity (Wildman–Crippen MR) is 114 cm³/mol. The van der Waals surface area contributed by atoms with E-state index in [0.717, 1.165) is 11.1 Å². The SMILES string of the molecule is Cc1noc(C)c1S(=O)(=O)N1CCCC(C(=O)c2ccc(-c3ccccc3)cc2)C1. The number of rotatable bonds is 5. The Labute approximate surface area is 176 Å². The molecule has 1 unspecified atom stereocenters. The van der Waals surface area contributed by atoms with Crippen molar-refractivity contribution < 1.29 is 17.7 Å². The van der Waals surface area contributed by atoms with E-state index in [-0.39, 0.29) is 28.9 Å². The molecule has 1 atom stereocenters. The standard InChI is InChI=1S/C23H24N2O4S/c1-16-23(17(2)29-24-16)30(27,28)25-14-6-9-21(15-25)22(26)20-12-10-19(11-13-20)18-7-4-3-5-8-18/h3-5,7-8,10-13,21H,6,9,14-15H2,1-2H3. The van der Waals surface area contributed by atoms with E-state index in [1.807, 2.05) is 54.6 Å². The van der Waals surface area contributed by atoms with Crippen LogP contribution in [0.5, 0.6) is 0 Å². The lowest BCUT2D eigenvalue weighted by molar-refractivity contribution is 0.0872. The quantitative estimate of drug-likeness (QED) is 0.572. The summed E-state index contributed by atoms with van der Waals surface area (Å²) in [4.78, 5) is 13.2. The fourth-order valence-corrected chi connectivity index (χ4v) is 5.85. The van der Waals surface area contributed by atoms with E-state index in [9.17, 15) is 13.2 Å². The molecule has 3 aromatic rings. The summed E-state index contributed by atoms with van der Waals surface area (Å²) >= 11 is 0. The smallest absolute Gasteiger partial charge is 0.248 e. The summed E-state index contributed by atoms with van der Waals surface area (Å²) in [6.07, 6.45) is 1.31. The second-order valence-electron chi connectivity index (χ2n) is 7.66. The molecule has 30 heavy (non-hydrogen) atoms. The monoisotopic (exact) mass is 424 g/mol. The van der Waals surface area contributed by atoms with Gasteiger partial charge in [-0.2, -0.15) is 4.31 Å². The van der Waals surface area contributed by atoms with Crippen molar-refractivity contribution in [2.75, 3.05) is 13.1 Å². The first-order valence-corrected chi connectivity index (χ1v) is 11.4. The zero-order valence-corrected chi connectivity index (χ0v) is 17.9. The van der Waals surface area contributed by atoms with Crippen molar-refractivity contribution in [2.24, 2.45) is 5.92 Å². The fourth-order valence-electron chi connectivity index (χ4n) is 4.04. The summed E-state index contributed by atoms with van der Waals surface area (Å²) in [7, 11) is -3.75. The maximum Gasteiger partial charge on any atom is 0.248 e. The van der Waals surface area contributed by atoms with Gasteiger partial charge in [0.05, 0.1) is 0 Å². The van der Waals surface area contributed by atoms with Gasteiger partial charge in [-0.1, -0.05) is 59.8 Å². The Bertz CT molecular complexity index is 1130. The van der Waals surface area contributed by atoms with Crippen molar-refractivity contribution >= 4 is 15.8 Å². The number of Topliss-reactive ketones (excluding diaryl/α,β-unsaturated/α-hetero) is 1. The van der Waals surface area contributed by atoms with Gasteiger partial charge in [-0.15, -0.1) is 0 Å². The highest BCUT2D eigenvalue weighted by Crippen LogP contribution is 2.29. The number of ketones is 1. The molecule has 0 aliphatic carbocycles. The first kappa shape index (κ1) is 20.5. The fraction of sp³-hybridized carbons (Fsp3) is 0.304. The molecule has 2 aromatic carbocycles. The zero-order valence-electron chi connectivity index (χ0n) is 17.0. The van der Waals surface area contributed by atoms with Crippen molar-refractivity contribution in [3.8, 4) is 11.1 Å². The molecule has 2 heterocycles. The summed E-state index contributed by atoms with van der Waals surface area (Å²) < 4.78 is 32.7. The molecule has 0 saturated carbocycles. The molecule has 0 N–H and O–H groups in total. The number of hydrogen-bond acceptors (Lipinski definition) is 5. The molecular formula is C23H24N2O4S. The average molecular weight is 425 g/mol. The van der Waals surface area contributed by atoms with Crippen molar-refractivity contribution in [3.05, 3.63) is 71.6 Å². The van der Waals surface area contributed by atoms with Crippen LogP contribution in [0.1, 0.15) is 34.7 Å². The Hall–Kier alpha value is -2.77. The molecule has 1 saturated heterocycles. The lowest BCUT2D eigenvalue weighted by atomic mass is 9.90. The maximum absolute atomic E-state index is 13.1. The van der Waals surface area contributed by atoms with Crippen LogP contribution >= 0.6 is 0 Å². The molecule has 6 nitrogen and oxygen atoms in total. The molecule has 4 rings (SSSR count). The van der Waals surface area contributed by atoms with Crippen molar-refractivity contribution in [1.82, 2.24) is 9.46 Å². The number of aryl methyl sites for hydroxylation is 2. The minimum atomic E-state index is -3.75. The maximum atomic E-state index is 13.1. The minimum Gasteiger partial charge on any atom is -0.360 e. The Morgan fingerprint density at radius 3 is 2.33 bits per heavy atom. The first-order chi connectivity index (χ1) is 14.4. The molecule has 1 aliphatic heterocycles. The zero-order chi connectivity index (χ0) is 21.3. The second kappa shape index (κ2) is 8.16. The van der Waals surface area contributed by atoms with Gasteiger partial charge >= 0.3 is 0 Å². The molecule has 1 aliphatic rings. The molecule has 0 spiro atoms. The van der Waals surface area contributed by atoms with Crippen LogP contribution in [-0.4, -0.2) is 36.8 Å². The normalized spacial score (nSPS) is 17.7. The Kier molecular flexibility index (Phi) is 5.58. The molecule has 1 aromatic heterocycles. The predicted octanol–water partition coefficient (Wildman–Crippen LogP) is 4.24. The minimum absolute atomic E-state index is 0.0201. The average Bonchev–Trinajstić information content (AvgIpc) is 3.12. The van der Waals surface area contributed by atoms with E-state index in [2.05, 4.69) is 5.16 Å². The molecule has 7 heteroatoms. The summed E-state index contributed by atoms with van der Waals surface area (Å²) in [5.41, 5.74) is 3.08. The van der Waals surface area contributed by atoms with Gasteiger partial charge in [-0.25, -0.2) is 8.42 Å². The van der Waals surface area contributed by atoms with E-state index in [1.165, 1.54) is 4.31 Å². The lowest BCUT2D eigenvalue weighted by Crippen LogP contribution is -2.42. The Balaban J connectivity index is 1.53. The number of carbonyl (C=O) groups is 1. The van der Waals surface area contributed by atoms with Crippen LogP contribution in [0.4, 0.5) is 0 Å². The molecular weight excluding hydrogens is 400 g/mol. The molecule has 156 valence electrons. The third-order valence-electron chi connectivity index (χ3n) is 5.60. The topological polar surface area (TPSA) is 80.5 Å². The van der Waals surface area contributed by atoms with Gasteiger partial charge in [-0.3, -0.25) is 4.79 Å². The van der Waals surface area contributed by atoms with Gasteiger partial charge in [-0.05, 0) is 37.8 Å². The lowest BCUT2D eigenvalue weighted by Gasteiger charge is -2.31. The number of sulfonamides is 1. The van der Waals surface area contributed by atoms with Gasteiger partial charge in [0.25, 0.3) is 0 Å². The number of benzene rings is 2. The second-order valence-corrected chi connectivity index (χ2v) is 9.54. The van der Waals surface area contributed by atoms with Crippen LogP contribution in [0.15, 0.2) is 64.0 Å². The van der Waals surface area contributed by atoms with Crippen LogP contribution in [0.3, 0.4) is 0 Å². The van der Waals surface area contributed by atoms with Crippen LogP contribution in [0.2, 0.25) is 0 Å². The number of piperidine rings is 1. The number of carbonyl (C=O) groups excluding carboxylic acids is 1. The van der Waals surface area contributed by atoms with Crippen molar-refractivity contribution in [1.29, 1.82) is 0 Å². The van der Waals surface area contributed by atoms with Crippen molar-refractivity contribution in [3.63, 3.8) is 0 Å². The van der Waals surface area contributed by atoms with Crippen LogP contribution in [0, 0.1) is 19.8 Å². The van der Waals surface area contributed by atoms with Crippen LogP contribution in [0.25, 0.3) is 11.1 Å². The Morgan fingerprint density at radius 1 is 1.03 bits per heavy atom. The summed E-state index contributed by atoms with van der Waals surface area (Å²) in [5, 5.41) is 3.76. The highest BCUT2D eigenvalue weighted by Gasteiger charge is 2.36. The van der Waals surface area contributed by atoms with Crippen molar-refractivity contribution in [2.45, 2.75) is 31.6 Å². The first-order valence-electron chi connectivity index (χ1n) is 10.0. The summed E-state index contributed by atoms with van der Waals surface area (Å²) in [6, 6.07) is 17.5. The third-order valence-corrected chi connectivity index (χ3v) is 7.71. The van der Waals surface area contributed by atoms with E-state index in [0.29, 0.717) is 30.6 Å². The molecule has 1 fully saturated rings. The van der Waals surface area contributed by atoms with E-state index in [1.54, 1.807) is 13.8 Å². The summed E-state index contributed by atoms with van der Waals surface area (Å²) in [6.45, 7) is 3.77. The molecule has 0 amide bonds. The number of aromatic nitrogens is 1. The van der Waals surface area contributed by atoms with Crippen LogP contribution < -0.4 is 0 Å². The van der Waals surface area contributed by atoms with Gasteiger partial charge in [0, 0.05) is 24.6 Å². The molecule has 0 bridgehead atoms. The van der Waals surface area contributed by atoms with E-state index >= 15 is 0 Å². The number of hydrogen-bond donors (Lipinski definition) is 0. The largest absolute Gasteiger partial charge is 0.360 e. The van der Waals surface area contributed by atoms with Gasteiger partial charge < -0.3 is 4.52 Å². The third kappa shape index (κ3) is 3.82. The van der Waals surface area contributed by atoms with Gasteiger partial charge in [0.2, 0.25) is 10.0 Å². The van der Waals surface area contributed by atoms with Crippen LogP contribution in [-0.2, 0) is 10.0 Å².